The summed E-state index contributed by atoms with van der Waals surface area (Å²) in [5.41, 5.74) is 6.08. The van der Waals surface area contributed by atoms with Crippen molar-refractivity contribution in [3.63, 3.8) is 0 Å². The Morgan fingerprint density at radius 2 is 2.00 bits per heavy atom. The maximum absolute atomic E-state index is 12.1. The Labute approximate surface area is 112 Å². The quantitative estimate of drug-likeness (QED) is 0.836. The average molecular weight is 271 g/mol. The van der Waals surface area contributed by atoms with Gasteiger partial charge in [0.15, 0.2) is 0 Å². The Balaban J connectivity index is 2.83. The van der Waals surface area contributed by atoms with E-state index in [4.69, 9.17) is 29.6 Å². The van der Waals surface area contributed by atoms with Crippen molar-refractivity contribution in [3.05, 3.63) is 34.9 Å². The molecule has 0 aliphatic carbocycles. The molecular formula is C12H15ClN2OS. The molecule has 0 atom stereocenters. The molecule has 0 aromatic heterocycles. The lowest BCUT2D eigenvalue weighted by Gasteiger charge is -2.21. The van der Waals surface area contributed by atoms with E-state index in [1.54, 1.807) is 29.2 Å². The summed E-state index contributed by atoms with van der Waals surface area (Å²) < 4.78 is 0. The minimum Gasteiger partial charge on any atom is -0.392 e. The molecule has 0 saturated carbocycles. The molecule has 1 rings (SSSR count). The molecule has 0 bridgehead atoms. The second kappa shape index (κ2) is 6.57. The summed E-state index contributed by atoms with van der Waals surface area (Å²) in [6.45, 7) is 2.95. The van der Waals surface area contributed by atoms with Gasteiger partial charge in [-0.3, -0.25) is 4.79 Å². The van der Waals surface area contributed by atoms with Crippen LogP contribution in [0.3, 0.4) is 0 Å². The zero-order chi connectivity index (χ0) is 12.8. The van der Waals surface area contributed by atoms with E-state index in [-0.39, 0.29) is 5.91 Å². The third-order valence-electron chi connectivity index (χ3n) is 2.22. The van der Waals surface area contributed by atoms with Gasteiger partial charge in [0.25, 0.3) is 5.91 Å². The van der Waals surface area contributed by atoms with Crippen LogP contribution in [0.5, 0.6) is 0 Å². The highest BCUT2D eigenvalue weighted by atomic mass is 35.5. The van der Waals surface area contributed by atoms with Crippen LogP contribution >= 0.6 is 23.8 Å². The summed E-state index contributed by atoms with van der Waals surface area (Å²) in [6.07, 6.45) is 0.863. The maximum atomic E-state index is 12.1. The smallest absolute Gasteiger partial charge is 0.254 e. The highest BCUT2D eigenvalue weighted by molar-refractivity contribution is 7.80. The van der Waals surface area contributed by atoms with Crippen LogP contribution in [-0.4, -0.2) is 28.9 Å². The van der Waals surface area contributed by atoms with E-state index in [9.17, 15) is 4.79 Å². The molecule has 0 aliphatic heterocycles. The van der Waals surface area contributed by atoms with E-state index >= 15 is 0 Å². The normalized spacial score (nSPS) is 10.0. The van der Waals surface area contributed by atoms with Gasteiger partial charge < -0.3 is 10.6 Å². The number of carbonyl (C=O) groups is 1. The van der Waals surface area contributed by atoms with Gasteiger partial charge in [-0.15, -0.1) is 0 Å². The van der Waals surface area contributed by atoms with Crippen molar-refractivity contribution in [2.75, 3.05) is 13.1 Å². The van der Waals surface area contributed by atoms with Gasteiger partial charge in [-0.05, 0) is 30.7 Å². The number of hydrogen-bond acceptors (Lipinski definition) is 2. The van der Waals surface area contributed by atoms with Crippen LogP contribution in [0.2, 0.25) is 5.02 Å². The van der Waals surface area contributed by atoms with E-state index in [1.165, 1.54) is 0 Å². The third-order valence-corrected chi connectivity index (χ3v) is 2.60. The summed E-state index contributed by atoms with van der Waals surface area (Å²) in [5, 5.41) is 0.609. The Hall–Kier alpha value is -1.13. The van der Waals surface area contributed by atoms with E-state index in [2.05, 4.69) is 0 Å². The maximum Gasteiger partial charge on any atom is 0.254 e. The minimum atomic E-state index is -0.0729. The van der Waals surface area contributed by atoms with Gasteiger partial charge in [0.1, 0.15) is 0 Å². The largest absolute Gasteiger partial charge is 0.392 e. The molecule has 3 nitrogen and oxygen atoms in total. The molecule has 1 aromatic rings. The van der Waals surface area contributed by atoms with Crippen molar-refractivity contribution < 1.29 is 4.79 Å². The molecule has 0 fully saturated rings. The van der Waals surface area contributed by atoms with E-state index in [0.29, 0.717) is 28.7 Å². The molecule has 92 valence electrons. The number of benzene rings is 1. The van der Waals surface area contributed by atoms with Crippen LogP contribution in [0.1, 0.15) is 23.7 Å². The third kappa shape index (κ3) is 4.32. The fourth-order valence-corrected chi connectivity index (χ4v) is 1.77. The number of carbonyl (C=O) groups excluding carboxylic acids is 1. The van der Waals surface area contributed by atoms with Crippen molar-refractivity contribution >= 4 is 34.7 Å². The predicted molar refractivity (Wildman–Crippen MR) is 74.4 cm³/mol. The minimum absolute atomic E-state index is 0.0729. The Bertz CT molecular complexity index is 405. The summed E-state index contributed by atoms with van der Waals surface area (Å²) in [5.74, 6) is -0.0729. The fourth-order valence-electron chi connectivity index (χ4n) is 1.49. The van der Waals surface area contributed by atoms with Gasteiger partial charge in [0.05, 0.1) is 11.5 Å². The van der Waals surface area contributed by atoms with Gasteiger partial charge in [-0.25, -0.2) is 0 Å². The van der Waals surface area contributed by atoms with Gasteiger partial charge in [0.2, 0.25) is 0 Å². The van der Waals surface area contributed by atoms with Crippen LogP contribution in [0.4, 0.5) is 0 Å². The number of thiocarbonyl (C=S) groups is 1. The lowest BCUT2D eigenvalue weighted by atomic mass is 10.2. The van der Waals surface area contributed by atoms with Gasteiger partial charge in [-0.2, -0.15) is 0 Å². The van der Waals surface area contributed by atoms with Gasteiger partial charge >= 0.3 is 0 Å². The van der Waals surface area contributed by atoms with Crippen molar-refractivity contribution in [1.82, 2.24) is 4.90 Å². The highest BCUT2D eigenvalue weighted by Crippen LogP contribution is 2.11. The molecule has 0 aliphatic rings. The second-order valence-electron chi connectivity index (χ2n) is 3.70. The highest BCUT2D eigenvalue weighted by Gasteiger charge is 2.15. The van der Waals surface area contributed by atoms with Gasteiger partial charge in [-0.1, -0.05) is 30.7 Å². The molecule has 0 heterocycles. The Kier molecular flexibility index (Phi) is 5.38. The number of halogens is 1. The van der Waals surface area contributed by atoms with Crippen LogP contribution in [-0.2, 0) is 0 Å². The summed E-state index contributed by atoms with van der Waals surface area (Å²) in [6, 6.07) is 6.79. The summed E-state index contributed by atoms with van der Waals surface area (Å²) in [4.78, 5) is 14.1. The molecule has 1 amide bonds. The molecule has 0 unspecified atom stereocenters. The molecule has 5 heteroatoms. The van der Waals surface area contributed by atoms with Crippen molar-refractivity contribution in [3.8, 4) is 0 Å². The lowest BCUT2D eigenvalue weighted by molar-refractivity contribution is 0.0780. The number of amides is 1. The van der Waals surface area contributed by atoms with Crippen molar-refractivity contribution in [2.45, 2.75) is 13.3 Å². The number of nitrogens with two attached hydrogens (primary N) is 1. The predicted octanol–water partition coefficient (Wildman–Crippen LogP) is 2.48. The summed E-state index contributed by atoms with van der Waals surface area (Å²) >= 11 is 10.6. The number of nitrogens with zero attached hydrogens (tertiary/aromatic N) is 1. The molecule has 1 aromatic carbocycles. The monoisotopic (exact) mass is 270 g/mol. The molecular weight excluding hydrogens is 256 g/mol. The van der Waals surface area contributed by atoms with Crippen LogP contribution in [0.15, 0.2) is 24.3 Å². The first-order valence-electron chi connectivity index (χ1n) is 5.37. The molecule has 0 radical (unpaired) electrons. The van der Waals surface area contributed by atoms with Gasteiger partial charge in [0, 0.05) is 17.1 Å². The zero-order valence-electron chi connectivity index (χ0n) is 9.65. The zero-order valence-corrected chi connectivity index (χ0v) is 11.2. The van der Waals surface area contributed by atoms with Crippen molar-refractivity contribution in [2.24, 2.45) is 5.73 Å². The van der Waals surface area contributed by atoms with Crippen LogP contribution in [0, 0.1) is 0 Å². The first-order chi connectivity index (χ1) is 8.04. The topological polar surface area (TPSA) is 46.3 Å². The molecule has 0 spiro atoms. The van der Waals surface area contributed by atoms with E-state index < -0.39 is 0 Å². The fraction of sp³-hybridized carbons (Fsp3) is 0.333. The first kappa shape index (κ1) is 13.9. The second-order valence-corrected chi connectivity index (χ2v) is 4.66. The van der Waals surface area contributed by atoms with E-state index in [1.807, 2.05) is 6.92 Å². The SMILES string of the molecule is CCCN(CC(N)=S)C(=O)c1ccc(Cl)cc1. The Morgan fingerprint density at radius 3 is 2.47 bits per heavy atom. The molecule has 0 saturated heterocycles. The van der Waals surface area contributed by atoms with E-state index in [0.717, 1.165) is 6.42 Å². The van der Waals surface area contributed by atoms with Crippen LogP contribution in [0.25, 0.3) is 0 Å². The first-order valence-corrected chi connectivity index (χ1v) is 6.16. The lowest BCUT2D eigenvalue weighted by Crippen LogP contribution is -2.38. The molecule has 17 heavy (non-hydrogen) atoms. The number of hydrogen-bond donors (Lipinski definition) is 1. The van der Waals surface area contributed by atoms with Crippen molar-refractivity contribution in [1.29, 1.82) is 0 Å². The molecule has 2 N–H and O–H groups in total. The average Bonchev–Trinajstić information content (AvgIpc) is 2.28. The van der Waals surface area contributed by atoms with Crippen LogP contribution < -0.4 is 5.73 Å². The number of rotatable bonds is 5. The summed E-state index contributed by atoms with van der Waals surface area (Å²) in [7, 11) is 0. The Morgan fingerprint density at radius 1 is 1.41 bits per heavy atom. The standard InChI is InChI=1S/C12H15ClN2OS/c1-2-7-15(8-11(14)17)12(16)9-3-5-10(13)6-4-9/h3-6H,2,7-8H2,1H3,(H2,14,17).